The van der Waals surface area contributed by atoms with Crippen LogP contribution in [-0.4, -0.2) is 56.6 Å². The van der Waals surface area contributed by atoms with Crippen molar-refractivity contribution in [2.45, 2.75) is 31.3 Å². The first-order valence-corrected chi connectivity index (χ1v) is 9.71. The number of aryl methyl sites for hydroxylation is 1. The van der Waals surface area contributed by atoms with Gasteiger partial charge in [-0.05, 0) is 19.1 Å². The highest BCUT2D eigenvalue weighted by atomic mass is 32.2. The van der Waals surface area contributed by atoms with Crippen molar-refractivity contribution in [3.63, 3.8) is 0 Å². The van der Waals surface area contributed by atoms with Crippen LogP contribution in [0.3, 0.4) is 0 Å². The van der Waals surface area contributed by atoms with E-state index >= 15 is 0 Å². The Morgan fingerprint density at radius 1 is 1.32 bits per heavy atom. The lowest BCUT2D eigenvalue weighted by Crippen LogP contribution is -2.31. The zero-order valence-corrected chi connectivity index (χ0v) is 16.2. The summed E-state index contributed by atoms with van der Waals surface area (Å²) in [6, 6.07) is 1.56. The molecule has 0 aliphatic carbocycles. The predicted molar refractivity (Wildman–Crippen MR) is 98.0 cm³/mol. The summed E-state index contributed by atoms with van der Waals surface area (Å²) in [5.74, 6) is -0.0419. The van der Waals surface area contributed by atoms with Gasteiger partial charge in [0.15, 0.2) is 17.4 Å². The summed E-state index contributed by atoms with van der Waals surface area (Å²) in [6.07, 6.45) is -1.16. The van der Waals surface area contributed by atoms with Gasteiger partial charge in [-0.3, -0.25) is 9.20 Å². The maximum Gasteiger partial charge on any atom is 0.422 e. The fraction of sp³-hybridized carbons (Fsp3) is 0.471. The van der Waals surface area contributed by atoms with E-state index in [4.69, 9.17) is 9.47 Å². The van der Waals surface area contributed by atoms with Crippen LogP contribution in [0.25, 0.3) is 11.2 Å². The number of rotatable bonds is 6. The molecule has 7 nitrogen and oxygen atoms in total. The van der Waals surface area contributed by atoms with E-state index in [2.05, 4.69) is 19.9 Å². The second-order valence-electron chi connectivity index (χ2n) is 6.37. The summed E-state index contributed by atoms with van der Waals surface area (Å²) in [6.45, 7) is 2.06. The molecule has 0 fully saturated rings. The fourth-order valence-corrected chi connectivity index (χ4v) is 3.91. The Kier molecular flexibility index (Phi) is 5.84. The van der Waals surface area contributed by atoms with Gasteiger partial charge in [0, 0.05) is 30.5 Å². The molecular formula is C17H19F3N4O3S. The Bertz CT molecular complexity index is 955. The average molecular weight is 416 g/mol. The number of H-pyrrole nitrogens is 1. The number of ether oxygens (including phenoxy) is 2. The zero-order chi connectivity index (χ0) is 20.5. The van der Waals surface area contributed by atoms with E-state index < -0.39 is 23.6 Å². The number of halogens is 3. The lowest BCUT2D eigenvalue weighted by Gasteiger charge is -2.23. The van der Waals surface area contributed by atoms with Crippen LogP contribution in [0.1, 0.15) is 12.5 Å². The standard InChI is InChI=1S/C17H19F3N4O3S/c1-9-6-11-14(23-15(9)27-8-17(18,19)20)24-16(22-11)28(25)7-12-10(2)13(26-3)4-5-21-12/h4-6,10,13H,7-8H2,1-3H3,(H,22,23,24). The molecule has 0 amide bonds. The number of fused-ring (bicyclic) bond motifs is 1. The quantitative estimate of drug-likeness (QED) is 0.782. The Labute approximate surface area is 161 Å². The van der Waals surface area contributed by atoms with Crippen molar-refractivity contribution in [1.82, 2.24) is 15.0 Å². The maximum absolute atomic E-state index is 12.7. The normalized spacial score (nSPS) is 21.0. The summed E-state index contributed by atoms with van der Waals surface area (Å²) in [4.78, 5) is 15.4. The lowest BCUT2D eigenvalue weighted by atomic mass is 9.98. The number of imidazole rings is 1. The minimum atomic E-state index is -4.47. The van der Waals surface area contributed by atoms with Gasteiger partial charge >= 0.3 is 6.18 Å². The third kappa shape index (κ3) is 4.58. The van der Waals surface area contributed by atoms with Crippen LogP contribution in [0.15, 0.2) is 28.5 Å². The molecule has 3 rings (SSSR count). The molecule has 2 aromatic heterocycles. The summed E-state index contributed by atoms with van der Waals surface area (Å²) >= 11 is 0. The second kappa shape index (κ2) is 8.00. The van der Waals surface area contributed by atoms with Crippen molar-refractivity contribution >= 4 is 27.7 Å². The molecule has 2 aromatic rings. The molecule has 3 atom stereocenters. The van der Waals surface area contributed by atoms with Crippen molar-refractivity contribution in [2.24, 2.45) is 10.9 Å². The summed E-state index contributed by atoms with van der Waals surface area (Å²) in [7, 11) is 0.0644. The molecule has 3 heterocycles. The number of methoxy groups -OCH3 is 1. The van der Waals surface area contributed by atoms with Gasteiger partial charge in [0.25, 0.3) is 0 Å². The highest BCUT2D eigenvalue weighted by Crippen LogP contribution is 2.24. The average Bonchev–Trinajstić information content (AvgIpc) is 3.03. The van der Waals surface area contributed by atoms with Gasteiger partial charge in [-0.2, -0.15) is 18.2 Å². The van der Waals surface area contributed by atoms with Crippen LogP contribution >= 0.6 is 0 Å². The molecule has 0 aromatic carbocycles. The van der Waals surface area contributed by atoms with Crippen molar-refractivity contribution in [1.29, 1.82) is 0 Å². The molecule has 1 aliphatic rings. The van der Waals surface area contributed by atoms with E-state index in [1.165, 1.54) is 0 Å². The molecule has 11 heteroatoms. The van der Waals surface area contributed by atoms with E-state index in [1.807, 2.05) is 13.0 Å². The second-order valence-corrected chi connectivity index (χ2v) is 7.73. The van der Waals surface area contributed by atoms with Crippen LogP contribution in [0.5, 0.6) is 5.88 Å². The van der Waals surface area contributed by atoms with Crippen molar-refractivity contribution in [3.05, 3.63) is 23.9 Å². The monoisotopic (exact) mass is 416 g/mol. The molecule has 28 heavy (non-hydrogen) atoms. The molecule has 0 bridgehead atoms. The van der Waals surface area contributed by atoms with Crippen LogP contribution in [0.4, 0.5) is 13.2 Å². The molecule has 3 unspecified atom stereocenters. The first-order chi connectivity index (χ1) is 13.2. The van der Waals surface area contributed by atoms with E-state index in [9.17, 15) is 17.4 Å². The summed E-state index contributed by atoms with van der Waals surface area (Å²) < 4.78 is 59.9. The molecule has 0 saturated heterocycles. The Balaban J connectivity index is 1.79. The number of aliphatic imine (C=N–C) groups is 1. The Morgan fingerprint density at radius 2 is 2.07 bits per heavy atom. The smallest absolute Gasteiger partial charge is 0.422 e. The third-order valence-electron chi connectivity index (χ3n) is 4.27. The van der Waals surface area contributed by atoms with Crippen molar-refractivity contribution in [2.75, 3.05) is 19.5 Å². The maximum atomic E-state index is 12.7. The minimum Gasteiger partial charge on any atom is -0.468 e. The van der Waals surface area contributed by atoms with Gasteiger partial charge in [0.1, 0.15) is 0 Å². The van der Waals surface area contributed by atoms with Gasteiger partial charge in [-0.25, -0.2) is 4.98 Å². The van der Waals surface area contributed by atoms with Gasteiger partial charge < -0.3 is 14.5 Å². The molecule has 0 saturated carbocycles. The Morgan fingerprint density at radius 3 is 2.75 bits per heavy atom. The van der Waals surface area contributed by atoms with Crippen molar-refractivity contribution in [3.8, 4) is 5.88 Å². The predicted octanol–water partition coefficient (Wildman–Crippen LogP) is 2.93. The number of aromatic nitrogens is 3. The molecule has 1 aliphatic heterocycles. The van der Waals surface area contributed by atoms with Crippen molar-refractivity contribution < 1.29 is 26.9 Å². The largest absolute Gasteiger partial charge is 0.468 e. The molecular weight excluding hydrogens is 397 g/mol. The summed E-state index contributed by atoms with van der Waals surface area (Å²) in [5, 5.41) is 0.174. The lowest BCUT2D eigenvalue weighted by molar-refractivity contribution is -0.154. The molecule has 1 N–H and O–H groups in total. The number of hydrogen-bond donors (Lipinski definition) is 1. The van der Waals surface area contributed by atoms with Gasteiger partial charge in [0.05, 0.1) is 28.2 Å². The van der Waals surface area contributed by atoms with E-state index in [-0.39, 0.29) is 34.5 Å². The van der Waals surface area contributed by atoms with Gasteiger partial charge in [0.2, 0.25) is 5.88 Å². The van der Waals surface area contributed by atoms with Crippen LogP contribution in [0.2, 0.25) is 0 Å². The highest BCUT2D eigenvalue weighted by molar-refractivity contribution is 7.85. The summed E-state index contributed by atoms with van der Waals surface area (Å²) in [5.41, 5.74) is 1.73. The van der Waals surface area contributed by atoms with Gasteiger partial charge in [-0.1, -0.05) is 6.92 Å². The number of nitrogens with zero attached hydrogens (tertiary/aromatic N) is 3. The SMILES string of the molecule is COC1C=CN=C(CS(=O)c2nc3nc(OCC(F)(F)F)c(C)cc3[nH]2)C1C. The molecule has 0 radical (unpaired) electrons. The van der Waals surface area contributed by atoms with Crippen LogP contribution < -0.4 is 4.74 Å². The number of nitrogens with one attached hydrogen (secondary N) is 1. The third-order valence-corrected chi connectivity index (χ3v) is 5.45. The van der Waals surface area contributed by atoms with Gasteiger partial charge in [-0.15, -0.1) is 0 Å². The minimum absolute atomic E-state index is 0.0360. The van der Waals surface area contributed by atoms with E-state index in [0.717, 1.165) is 0 Å². The zero-order valence-electron chi connectivity index (χ0n) is 15.4. The van der Waals surface area contributed by atoms with Crippen LogP contribution in [0, 0.1) is 12.8 Å². The molecule has 152 valence electrons. The first-order valence-electron chi connectivity index (χ1n) is 8.39. The van der Waals surface area contributed by atoms with E-state index in [1.54, 1.807) is 26.3 Å². The Hall–Kier alpha value is -2.27. The number of pyridine rings is 1. The van der Waals surface area contributed by atoms with Crippen LogP contribution in [-0.2, 0) is 15.5 Å². The fourth-order valence-electron chi connectivity index (χ4n) is 2.76. The number of aromatic amines is 1. The molecule has 0 spiro atoms. The topological polar surface area (TPSA) is 89.5 Å². The highest BCUT2D eigenvalue weighted by Gasteiger charge is 2.29. The number of hydrogen-bond acceptors (Lipinski definition) is 6. The number of alkyl halides is 3. The first kappa shape index (κ1) is 20.5. The van der Waals surface area contributed by atoms with E-state index in [0.29, 0.717) is 16.8 Å².